The van der Waals surface area contributed by atoms with Gasteiger partial charge in [-0.25, -0.2) is 0 Å². The summed E-state index contributed by atoms with van der Waals surface area (Å²) < 4.78 is 10.7. The molecule has 0 amide bonds. The molecular formula is C13H15N7O2. The van der Waals surface area contributed by atoms with Gasteiger partial charge in [0.2, 0.25) is 5.96 Å². The standard InChI is InChI=1S/C13H15N7O2/c14-10(15)7-18-11(8-3-1-5-21-8)12(19-20-13(16)17)9-4-2-6-22-9/h1-6H,7H2,(H3,14,15)(H4,16,17,20)/b18-11?,19-12-. The first-order valence-corrected chi connectivity index (χ1v) is 6.20. The van der Waals surface area contributed by atoms with Gasteiger partial charge < -0.3 is 26.0 Å². The molecule has 0 atom stereocenters. The lowest BCUT2D eigenvalue weighted by atomic mass is 10.1. The molecule has 2 aromatic heterocycles. The van der Waals surface area contributed by atoms with E-state index >= 15 is 0 Å². The van der Waals surface area contributed by atoms with E-state index in [-0.39, 0.29) is 24.1 Å². The third kappa shape index (κ3) is 3.82. The molecule has 0 aliphatic heterocycles. The maximum absolute atomic E-state index is 7.31. The highest BCUT2D eigenvalue weighted by Gasteiger charge is 2.19. The summed E-state index contributed by atoms with van der Waals surface area (Å²) in [5.41, 5.74) is 16.5. The van der Waals surface area contributed by atoms with Gasteiger partial charge in [-0.15, -0.1) is 10.2 Å². The van der Waals surface area contributed by atoms with Crippen LogP contribution in [0.2, 0.25) is 0 Å². The Balaban J connectivity index is 2.53. The van der Waals surface area contributed by atoms with Crippen LogP contribution in [0.3, 0.4) is 0 Å². The predicted molar refractivity (Wildman–Crippen MR) is 83.1 cm³/mol. The van der Waals surface area contributed by atoms with Crippen LogP contribution >= 0.6 is 0 Å². The van der Waals surface area contributed by atoms with Crippen molar-refractivity contribution in [2.75, 3.05) is 6.54 Å². The molecule has 0 saturated heterocycles. The first-order valence-electron chi connectivity index (χ1n) is 6.20. The Labute approximate surface area is 125 Å². The van der Waals surface area contributed by atoms with Gasteiger partial charge in [-0.3, -0.25) is 10.4 Å². The number of guanidine groups is 1. The van der Waals surface area contributed by atoms with Gasteiger partial charge in [-0.1, -0.05) is 0 Å². The fourth-order valence-corrected chi connectivity index (χ4v) is 1.58. The van der Waals surface area contributed by atoms with Gasteiger partial charge in [0.15, 0.2) is 17.2 Å². The zero-order valence-electron chi connectivity index (χ0n) is 11.6. The van der Waals surface area contributed by atoms with Gasteiger partial charge in [0.05, 0.1) is 19.1 Å². The number of nitrogens with two attached hydrogens (primary N) is 3. The minimum absolute atomic E-state index is 0.0302. The van der Waals surface area contributed by atoms with Crippen molar-refractivity contribution in [2.24, 2.45) is 32.4 Å². The number of amidine groups is 1. The van der Waals surface area contributed by atoms with Crippen LogP contribution in [0.4, 0.5) is 0 Å². The summed E-state index contributed by atoms with van der Waals surface area (Å²) >= 11 is 0. The van der Waals surface area contributed by atoms with Gasteiger partial charge in [0, 0.05) is 0 Å². The average Bonchev–Trinajstić information content (AvgIpc) is 3.14. The van der Waals surface area contributed by atoms with E-state index in [4.69, 9.17) is 31.4 Å². The Morgan fingerprint density at radius 3 is 2.00 bits per heavy atom. The van der Waals surface area contributed by atoms with Gasteiger partial charge in [0.1, 0.15) is 11.5 Å². The second-order valence-corrected chi connectivity index (χ2v) is 4.12. The summed E-state index contributed by atoms with van der Waals surface area (Å²) in [5.74, 6) is 0.491. The number of nitrogens with zero attached hydrogens (tertiary/aromatic N) is 3. The molecule has 0 radical (unpaired) electrons. The van der Waals surface area contributed by atoms with E-state index in [0.29, 0.717) is 17.2 Å². The summed E-state index contributed by atoms with van der Waals surface area (Å²) in [7, 11) is 0. The summed E-state index contributed by atoms with van der Waals surface area (Å²) in [4.78, 5) is 4.23. The van der Waals surface area contributed by atoms with Gasteiger partial charge in [-0.2, -0.15) is 0 Å². The normalized spacial score (nSPS) is 12.2. The maximum Gasteiger partial charge on any atom is 0.211 e. The zero-order chi connectivity index (χ0) is 15.9. The molecule has 9 nitrogen and oxygen atoms in total. The van der Waals surface area contributed by atoms with Gasteiger partial charge >= 0.3 is 0 Å². The number of aliphatic imine (C=N–C) groups is 1. The molecule has 22 heavy (non-hydrogen) atoms. The first-order chi connectivity index (χ1) is 10.6. The van der Waals surface area contributed by atoms with Gasteiger partial charge in [-0.05, 0) is 24.3 Å². The molecule has 0 saturated carbocycles. The molecule has 114 valence electrons. The number of hydrogen-bond acceptors (Lipinski definition) is 6. The Hall–Kier alpha value is -3.36. The van der Waals surface area contributed by atoms with E-state index in [2.05, 4.69) is 15.2 Å². The number of hydrogen-bond donors (Lipinski definition) is 4. The molecule has 0 unspecified atom stereocenters. The quantitative estimate of drug-likeness (QED) is 0.341. The molecule has 0 spiro atoms. The molecule has 7 N–H and O–H groups in total. The van der Waals surface area contributed by atoms with Crippen molar-refractivity contribution in [3.8, 4) is 0 Å². The Morgan fingerprint density at radius 2 is 1.55 bits per heavy atom. The fourth-order valence-electron chi connectivity index (χ4n) is 1.58. The number of rotatable bonds is 6. The zero-order valence-corrected chi connectivity index (χ0v) is 11.6. The lowest BCUT2D eigenvalue weighted by Crippen LogP contribution is -2.23. The molecule has 0 aromatic carbocycles. The highest BCUT2D eigenvalue weighted by molar-refractivity contribution is 6.52. The van der Waals surface area contributed by atoms with Crippen LogP contribution < -0.4 is 17.2 Å². The second kappa shape index (κ2) is 6.88. The summed E-state index contributed by atoms with van der Waals surface area (Å²) in [6.45, 7) is -0.0302. The van der Waals surface area contributed by atoms with Crippen LogP contribution in [-0.2, 0) is 0 Å². The van der Waals surface area contributed by atoms with E-state index in [1.165, 1.54) is 12.5 Å². The van der Waals surface area contributed by atoms with Crippen LogP contribution in [-0.4, -0.2) is 29.8 Å². The fraction of sp³-hybridized carbons (Fsp3) is 0.0769. The van der Waals surface area contributed by atoms with Crippen molar-refractivity contribution in [1.29, 1.82) is 5.41 Å². The van der Waals surface area contributed by atoms with Crippen molar-refractivity contribution in [1.82, 2.24) is 0 Å². The van der Waals surface area contributed by atoms with Crippen molar-refractivity contribution < 1.29 is 8.83 Å². The maximum atomic E-state index is 7.31. The molecule has 0 aliphatic carbocycles. The minimum atomic E-state index is -0.214. The predicted octanol–water partition coefficient (Wildman–Crippen LogP) is 0.275. The Kier molecular flexibility index (Phi) is 4.70. The van der Waals surface area contributed by atoms with Crippen LogP contribution in [0, 0.1) is 5.41 Å². The molecular weight excluding hydrogens is 286 g/mol. The summed E-state index contributed by atoms with van der Waals surface area (Å²) in [6, 6.07) is 6.74. The Bertz CT molecular complexity index is 708. The lowest BCUT2D eigenvalue weighted by molar-refractivity contribution is 0.553. The van der Waals surface area contributed by atoms with Crippen LogP contribution in [0.5, 0.6) is 0 Å². The summed E-state index contributed by atoms with van der Waals surface area (Å²) in [5, 5.41) is 14.9. The van der Waals surface area contributed by atoms with Crippen LogP contribution in [0.1, 0.15) is 11.5 Å². The van der Waals surface area contributed by atoms with E-state index in [9.17, 15) is 0 Å². The molecule has 2 aromatic rings. The van der Waals surface area contributed by atoms with Crippen molar-refractivity contribution in [2.45, 2.75) is 0 Å². The topological polar surface area (TPSA) is 165 Å². The van der Waals surface area contributed by atoms with Crippen LogP contribution in [0.25, 0.3) is 0 Å². The molecule has 0 bridgehead atoms. The van der Waals surface area contributed by atoms with E-state index < -0.39 is 0 Å². The second-order valence-electron chi connectivity index (χ2n) is 4.12. The monoisotopic (exact) mass is 301 g/mol. The van der Waals surface area contributed by atoms with Crippen molar-refractivity contribution in [3.63, 3.8) is 0 Å². The third-order valence-corrected chi connectivity index (χ3v) is 2.41. The van der Waals surface area contributed by atoms with E-state index in [0.717, 1.165) is 0 Å². The number of furan rings is 2. The van der Waals surface area contributed by atoms with Crippen molar-refractivity contribution >= 4 is 23.2 Å². The molecule has 2 heterocycles. The summed E-state index contributed by atoms with van der Waals surface area (Å²) in [6.07, 6.45) is 2.96. The third-order valence-electron chi connectivity index (χ3n) is 2.41. The highest BCUT2D eigenvalue weighted by Crippen LogP contribution is 2.12. The molecule has 0 aliphatic rings. The van der Waals surface area contributed by atoms with Gasteiger partial charge in [0.25, 0.3) is 0 Å². The average molecular weight is 301 g/mol. The smallest absolute Gasteiger partial charge is 0.211 e. The minimum Gasteiger partial charge on any atom is -0.463 e. The molecule has 9 heteroatoms. The lowest BCUT2D eigenvalue weighted by Gasteiger charge is -2.05. The van der Waals surface area contributed by atoms with E-state index in [1.807, 2.05) is 0 Å². The largest absolute Gasteiger partial charge is 0.463 e. The Morgan fingerprint density at radius 1 is 0.955 bits per heavy atom. The number of nitrogens with one attached hydrogen (secondary N) is 1. The van der Waals surface area contributed by atoms with Crippen LogP contribution in [0.15, 0.2) is 60.8 Å². The van der Waals surface area contributed by atoms with Crippen molar-refractivity contribution in [3.05, 3.63) is 48.3 Å². The SMILES string of the molecule is N=C(N)CN=C(/C(=N\N=C(N)N)c1ccco1)c1ccco1. The first kappa shape index (κ1) is 15.0. The molecule has 2 rings (SSSR count). The van der Waals surface area contributed by atoms with E-state index in [1.54, 1.807) is 24.3 Å². The highest BCUT2D eigenvalue weighted by atomic mass is 16.3. The molecule has 0 fully saturated rings.